The van der Waals surface area contributed by atoms with E-state index in [2.05, 4.69) is 6.58 Å². The van der Waals surface area contributed by atoms with Crippen LogP contribution in [0, 0.1) is 0 Å². The van der Waals surface area contributed by atoms with Gasteiger partial charge >= 0.3 is 18.4 Å². The summed E-state index contributed by atoms with van der Waals surface area (Å²) in [5.74, 6) is -0.938. The second-order valence-corrected chi connectivity index (χ2v) is 7.59. The van der Waals surface area contributed by atoms with Crippen molar-refractivity contribution in [2.75, 3.05) is 20.2 Å². The fourth-order valence-electron chi connectivity index (χ4n) is 2.82. The highest BCUT2D eigenvalue weighted by molar-refractivity contribution is 6.37. The normalized spacial score (nSPS) is 15.8. The molecule has 2 rings (SSSR count). The van der Waals surface area contributed by atoms with Crippen molar-refractivity contribution in [2.24, 2.45) is 0 Å². The molecule has 178 valence electrons. The number of rotatable bonds is 7. The zero-order chi connectivity index (χ0) is 24.6. The highest BCUT2D eigenvalue weighted by Crippen LogP contribution is 2.52. The Balaban J connectivity index is 2.06. The van der Waals surface area contributed by atoms with Crippen LogP contribution >= 0.6 is 23.2 Å². The smallest absolute Gasteiger partial charge is 0.430 e. The average Bonchev–Trinajstić information content (AvgIpc) is 2.84. The largest absolute Gasteiger partial charge is 0.490 e. The Morgan fingerprint density at radius 1 is 1.03 bits per heavy atom. The molecule has 1 aromatic carbocycles. The van der Waals surface area contributed by atoms with Crippen molar-refractivity contribution in [2.45, 2.75) is 30.8 Å². The maximum Gasteiger partial charge on any atom is 0.430 e. The van der Waals surface area contributed by atoms with Crippen LogP contribution < -0.4 is 4.74 Å². The summed E-state index contributed by atoms with van der Waals surface area (Å²) in [6.45, 7) is 3.38. The Morgan fingerprint density at radius 2 is 1.53 bits per heavy atom. The molecular formula is C18H16Cl2F6N2O4. The molecule has 0 unspecified atom stereocenters. The molecule has 1 aliphatic heterocycles. The van der Waals surface area contributed by atoms with E-state index in [0.29, 0.717) is 0 Å². The van der Waals surface area contributed by atoms with Gasteiger partial charge in [-0.1, -0.05) is 29.8 Å². The summed E-state index contributed by atoms with van der Waals surface area (Å²) >= 11 is 11.5. The summed E-state index contributed by atoms with van der Waals surface area (Å²) in [5, 5.41) is 8.09. The molecule has 1 aromatic rings. The van der Waals surface area contributed by atoms with Crippen LogP contribution in [0.3, 0.4) is 0 Å². The number of likely N-dealkylation sites (N-methyl/N-ethyl adjacent to an activating group) is 1. The second-order valence-electron chi connectivity index (χ2n) is 6.78. The molecule has 1 aliphatic rings. The van der Waals surface area contributed by atoms with Gasteiger partial charge in [0.15, 0.2) is 5.75 Å². The van der Waals surface area contributed by atoms with Crippen molar-refractivity contribution in [3.05, 3.63) is 40.0 Å². The number of carbonyl (C=O) groups is 2. The van der Waals surface area contributed by atoms with E-state index in [1.807, 2.05) is 0 Å². The van der Waals surface area contributed by atoms with E-state index in [-0.39, 0.29) is 49.6 Å². The van der Waals surface area contributed by atoms with Crippen LogP contribution in [0.2, 0.25) is 10.0 Å². The van der Waals surface area contributed by atoms with E-state index < -0.39 is 45.5 Å². The molecule has 3 amide bonds. The van der Waals surface area contributed by atoms with Crippen molar-refractivity contribution in [1.82, 2.24) is 9.80 Å². The molecule has 0 radical (unpaired) electrons. The number of carbonyl (C=O) groups excluding carboxylic acids is 2. The molecule has 14 heteroatoms. The summed E-state index contributed by atoms with van der Waals surface area (Å²) in [7, 11) is 1.39. The van der Waals surface area contributed by atoms with Crippen LogP contribution in [0.1, 0.15) is 18.4 Å². The number of urea groups is 1. The molecule has 0 atom stereocenters. The fourth-order valence-corrected chi connectivity index (χ4v) is 3.42. The molecule has 32 heavy (non-hydrogen) atoms. The van der Waals surface area contributed by atoms with Crippen molar-refractivity contribution in [1.29, 1.82) is 0 Å². The summed E-state index contributed by atoms with van der Waals surface area (Å²) in [4.78, 5) is 25.8. The summed E-state index contributed by atoms with van der Waals surface area (Å²) in [6.07, 6.45) is -11.7. The van der Waals surface area contributed by atoms with E-state index in [1.165, 1.54) is 7.05 Å². The lowest BCUT2D eigenvalue weighted by Crippen LogP contribution is -2.53. The standard InChI is InChI=1S/C18H16Cl2F6N2O4/c1-9-14(29)28(15(30)27(9)2)5-3-4-6-32-13-11(19)7-10(8-12(13)20)16(31,17(21,22)23)18(24,25)26/h7-8,31H,1,3-6H2,2H3. The number of imide groups is 1. The molecular weight excluding hydrogens is 493 g/mol. The predicted octanol–water partition coefficient (Wildman–Crippen LogP) is 4.87. The van der Waals surface area contributed by atoms with Gasteiger partial charge in [-0.15, -0.1) is 0 Å². The van der Waals surface area contributed by atoms with Gasteiger partial charge in [0.1, 0.15) is 5.70 Å². The molecule has 0 aliphatic carbocycles. The number of aliphatic hydroxyl groups is 1. The summed E-state index contributed by atoms with van der Waals surface area (Å²) in [6, 6.07) is -0.0103. The first-order chi connectivity index (χ1) is 14.5. The molecule has 1 saturated heterocycles. The van der Waals surface area contributed by atoms with Gasteiger partial charge in [0.25, 0.3) is 11.5 Å². The second kappa shape index (κ2) is 8.99. The monoisotopic (exact) mass is 508 g/mol. The van der Waals surface area contributed by atoms with Gasteiger partial charge in [-0.2, -0.15) is 26.3 Å². The van der Waals surface area contributed by atoms with Crippen LogP contribution in [-0.4, -0.2) is 59.4 Å². The minimum Gasteiger partial charge on any atom is -0.490 e. The van der Waals surface area contributed by atoms with Crippen molar-refractivity contribution >= 4 is 35.1 Å². The molecule has 0 bridgehead atoms. The molecule has 0 spiro atoms. The number of benzene rings is 1. The topological polar surface area (TPSA) is 70.1 Å². The van der Waals surface area contributed by atoms with Gasteiger partial charge in [0, 0.05) is 19.2 Å². The summed E-state index contributed by atoms with van der Waals surface area (Å²) < 4.78 is 83.4. The number of nitrogens with zero attached hydrogens (tertiary/aromatic N) is 2. The number of amides is 3. The molecule has 0 saturated carbocycles. The SMILES string of the molecule is C=C1C(=O)N(CCCCOc2c(Cl)cc(C(O)(C(F)(F)F)C(F)(F)F)cc2Cl)C(=O)N1C. The van der Waals surface area contributed by atoms with Gasteiger partial charge < -0.3 is 9.84 Å². The Hall–Kier alpha value is -2.18. The van der Waals surface area contributed by atoms with E-state index in [4.69, 9.17) is 27.9 Å². The van der Waals surface area contributed by atoms with Crippen LogP contribution in [-0.2, 0) is 10.4 Å². The van der Waals surface area contributed by atoms with E-state index in [0.717, 1.165) is 9.80 Å². The Labute approximate surface area is 187 Å². The number of hydrogen-bond donors (Lipinski definition) is 1. The van der Waals surface area contributed by atoms with Crippen LogP contribution in [0.4, 0.5) is 31.1 Å². The minimum atomic E-state index is -6.09. The number of halogens is 8. The van der Waals surface area contributed by atoms with E-state index in [9.17, 15) is 41.0 Å². The number of alkyl halides is 6. The van der Waals surface area contributed by atoms with Gasteiger partial charge in [-0.25, -0.2) is 4.79 Å². The Bertz CT molecular complexity index is 898. The third-order valence-electron chi connectivity index (χ3n) is 4.67. The zero-order valence-corrected chi connectivity index (χ0v) is 17.8. The minimum absolute atomic E-state index is 0.0163. The van der Waals surface area contributed by atoms with Gasteiger partial charge in [-0.3, -0.25) is 14.6 Å². The van der Waals surface area contributed by atoms with Crippen LogP contribution in [0.5, 0.6) is 5.75 Å². The van der Waals surface area contributed by atoms with Gasteiger partial charge in [0.05, 0.1) is 16.7 Å². The predicted molar refractivity (Wildman–Crippen MR) is 101 cm³/mol. The van der Waals surface area contributed by atoms with Gasteiger partial charge in [-0.05, 0) is 25.0 Å². The number of hydrogen-bond acceptors (Lipinski definition) is 4. The molecule has 1 heterocycles. The van der Waals surface area contributed by atoms with Crippen molar-refractivity contribution < 1.29 is 45.8 Å². The molecule has 1 N–H and O–H groups in total. The first-order valence-corrected chi connectivity index (χ1v) is 9.56. The Kier molecular flexibility index (Phi) is 7.32. The number of unbranched alkanes of at least 4 members (excludes halogenated alkanes) is 1. The van der Waals surface area contributed by atoms with Crippen LogP contribution in [0.25, 0.3) is 0 Å². The van der Waals surface area contributed by atoms with E-state index in [1.54, 1.807) is 0 Å². The molecule has 1 fully saturated rings. The third-order valence-corrected chi connectivity index (χ3v) is 5.24. The maximum absolute atomic E-state index is 13.0. The lowest BCUT2D eigenvalue weighted by Gasteiger charge is -2.33. The fraction of sp³-hybridized carbons (Fsp3) is 0.444. The first kappa shape index (κ1) is 26.1. The highest BCUT2D eigenvalue weighted by atomic mass is 35.5. The van der Waals surface area contributed by atoms with Crippen molar-refractivity contribution in [3.8, 4) is 5.75 Å². The first-order valence-electron chi connectivity index (χ1n) is 8.80. The number of ether oxygens (including phenoxy) is 1. The lowest BCUT2D eigenvalue weighted by molar-refractivity contribution is -0.376. The highest BCUT2D eigenvalue weighted by Gasteiger charge is 2.71. The molecule has 0 aromatic heterocycles. The maximum atomic E-state index is 13.0. The van der Waals surface area contributed by atoms with Crippen LogP contribution in [0.15, 0.2) is 24.4 Å². The third kappa shape index (κ3) is 4.62. The summed E-state index contributed by atoms with van der Waals surface area (Å²) in [5.41, 5.74) is -6.78. The lowest BCUT2D eigenvalue weighted by atomic mass is 9.92. The molecule has 6 nitrogen and oxygen atoms in total. The Morgan fingerprint density at radius 3 is 1.94 bits per heavy atom. The van der Waals surface area contributed by atoms with Gasteiger partial charge in [0.2, 0.25) is 0 Å². The average molecular weight is 509 g/mol. The quantitative estimate of drug-likeness (QED) is 0.247. The zero-order valence-electron chi connectivity index (χ0n) is 16.3. The van der Waals surface area contributed by atoms with E-state index >= 15 is 0 Å². The van der Waals surface area contributed by atoms with Crippen molar-refractivity contribution in [3.63, 3.8) is 0 Å².